The van der Waals surface area contributed by atoms with Crippen molar-refractivity contribution >= 4 is 17.5 Å². The van der Waals surface area contributed by atoms with E-state index in [0.29, 0.717) is 23.6 Å². The first-order valence-corrected chi connectivity index (χ1v) is 6.74. The lowest BCUT2D eigenvalue weighted by Gasteiger charge is -2.15. The standard InChI is InChI=1S/C14H18ClNO2/c1-10-11(3-2-4-12(10)17)13(18)16-9-14(5-6-14)7-8-15/h2-4,17H,5-9H2,1H3,(H,16,18). The Morgan fingerprint density at radius 1 is 1.50 bits per heavy atom. The molecule has 0 bridgehead atoms. The predicted molar refractivity (Wildman–Crippen MR) is 72.2 cm³/mol. The molecule has 98 valence electrons. The first-order valence-electron chi connectivity index (χ1n) is 6.21. The maximum atomic E-state index is 12.0. The molecular formula is C14H18ClNO2. The molecule has 3 nitrogen and oxygen atoms in total. The molecule has 1 aromatic carbocycles. The Bertz CT molecular complexity index is 455. The van der Waals surface area contributed by atoms with Crippen LogP contribution in [0.3, 0.4) is 0 Å². The van der Waals surface area contributed by atoms with E-state index in [4.69, 9.17) is 11.6 Å². The van der Waals surface area contributed by atoms with Crippen molar-refractivity contribution in [2.45, 2.75) is 26.2 Å². The lowest BCUT2D eigenvalue weighted by molar-refractivity contribution is 0.0943. The number of aromatic hydroxyl groups is 1. The van der Waals surface area contributed by atoms with Crippen molar-refractivity contribution in [2.24, 2.45) is 5.41 Å². The SMILES string of the molecule is Cc1c(O)cccc1C(=O)NCC1(CCCl)CC1. The first-order chi connectivity index (χ1) is 8.58. The largest absolute Gasteiger partial charge is 0.508 e. The minimum atomic E-state index is -0.121. The molecule has 2 N–H and O–H groups in total. The van der Waals surface area contributed by atoms with Crippen LogP contribution in [0.2, 0.25) is 0 Å². The molecule has 18 heavy (non-hydrogen) atoms. The average molecular weight is 268 g/mol. The van der Waals surface area contributed by atoms with Crippen molar-refractivity contribution in [3.8, 4) is 5.75 Å². The summed E-state index contributed by atoms with van der Waals surface area (Å²) >= 11 is 5.76. The van der Waals surface area contributed by atoms with E-state index in [0.717, 1.165) is 19.3 Å². The molecule has 1 aromatic rings. The highest BCUT2D eigenvalue weighted by Gasteiger charge is 2.41. The summed E-state index contributed by atoms with van der Waals surface area (Å²) < 4.78 is 0. The minimum absolute atomic E-state index is 0.121. The zero-order valence-corrected chi connectivity index (χ0v) is 11.3. The van der Waals surface area contributed by atoms with Crippen molar-refractivity contribution in [1.29, 1.82) is 0 Å². The van der Waals surface area contributed by atoms with E-state index in [2.05, 4.69) is 5.32 Å². The molecule has 0 radical (unpaired) electrons. The molecule has 0 saturated heterocycles. The molecule has 0 unspecified atom stereocenters. The van der Waals surface area contributed by atoms with Gasteiger partial charge in [0.1, 0.15) is 5.75 Å². The second kappa shape index (κ2) is 5.19. The summed E-state index contributed by atoms with van der Waals surface area (Å²) in [6, 6.07) is 5.00. The third-order valence-electron chi connectivity index (χ3n) is 3.76. The van der Waals surface area contributed by atoms with Crippen molar-refractivity contribution in [3.63, 3.8) is 0 Å². The molecular weight excluding hydrogens is 250 g/mol. The molecule has 0 spiro atoms. The average Bonchev–Trinajstić information content (AvgIpc) is 3.11. The first kappa shape index (κ1) is 13.2. The van der Waals surface area contributed by atoms with Gasteiger partial charge in [-0.05, 0) is 43.7 Å². The molecule has 1 aliphatic carbocycles. The van der Waals surface area contributed by atoms with Gasteiger partial charge in [0.25, 0.3) is 5.91 Å². The Morgan fingerprint density at radius 2 is 2.22 bits per heavy atom. The van der Waals surface area contributed by atoms with Crippen LogP contribution in [0.4, 0.5) is 0 Å². The number of phenolic OH excluding ortho intramolecular Hbond substituents is 1. The van der Waals surface area contributed by atoms with Gasteiger partial charge in [0, 0.05) is 23.6 Å². The minimum Gasteiger partial charge on any atom is -0.508 e. The van der Waals surface area contributed by atoms with Crippen LogP contribution >= 0.6 is 11.6 Å². The van der Waals surface area contributed by atoms with Crippen LogP contribution in [0.25, 0.3) is 0 Å². The Hall–Kier alpha value is -1.22. The van der Waals surface area contributed by atoms with Crippen LogP contribution in [0.15, 0.2) is 18.2 Å². The van der Waals surface area contributed by atoms with Gasteiger partial charge in [0.05, 0.1) is 0 Å². The van der Waals surface area contributed by atoms with Gasteiger partial charge in [-0.1, -0.05) is 6.07 Å². The molecule has 1 amide bonds. The highest BCUT2D eigenvalue weighted by molar-refractivity contribution is 6.17. The van der Waals surface area contributed by atoms with E-state index < -0.39 is 0 Å². The fraction of sp³-hybridized carbons (Fsp3) is 0.500. The lowest BCUT2D eigenvalue weighted by Crippen LogP contribution is -2.30. The van der Waals surface area contributed by atoms with Gasteiger partial charge in [0.15, 0.2) is 0 Å². The van der Waals surface area contributed by atoms with E-state index in [1.165, 1.54) is 0 Å². The zero-order chi connectivity index (χ0) is 13.2. The normalized spacial score (nSPS) is 16.3. The summed E-state index contributed by atoms with van der Waals surface area (Å²) in [6.45, 7) is 2.42. The molecule has 1 fully saturated rings. The van der Waals surface area contributed by atoms with Crippen molar-refractivity contribution in [3.05, 3.63) is 29.3 Å². The quantitative estimate of drug-likeness (QED) is 0.806. The fourth-order valence-electron chi connectivity index (χ4n) is 2.12. The summed E-state index contributed by atoms with van der Waals surface area (Å²) in [5.41, 5.74) is 1.39. The van der Waals surface area contributed by atoms with Crippen molar-refractivity contribution < 1.29 is 9.90 Å². The van der Waals surface area contributed by atoms with Gasteiger partial charge >= 0.3 is 0 Å². The molecule has 0 aliphatic heterocycles. The number of hydrogen-bond donors (Lipinski definition) is 2. The number of carbonyl (C=O) groups is 1. The van der Waals surface area contributed by atoms with E-state index in [1.807, 2.05) is 0 Å². The number of amides is 1. The number of nitrogens with one attached hydrogen (secondary N) is 1. The molecule has 2 rings (SSSR count). The highest BCUT2D eigenvalue weighted by atomic mass is 35.5. The number of halogens is 1. The van der Waals surface area contributed by atoms with E-state index >= 15 is 0 Å². The van der Waals surface area contributed by atoms with Crippen LogP contribution in [-0.4, -0.2) is 23.4 Å². The van der Waals surface area contributed by atoms with Gasteiger partial charge < -0.3 is 10.4 Å². The summed E-state index contributed by atoms with van der Waals surface area (Å²) in [5.74, 6) is 0.676. The van der Waals surface area contributed by atoms with E-state index in [1.54, 1.807) is 25.1 Å². The van der Waals surface area contributed by atoms with Crippen molar-refractivity contribution in [1.82, 2.24) is 5.32 Å². The van der Waals surface area contributed by atoms with Crippen LogP contribution in [0, 0.1) is 12.3 Å². The molecule has 0 heterocycles. The van der Waals surface area contributed by atoms with Crippen molar-refractivity contribution in [2.75, 3.05) is 12.4 Å². The van der Waals surface area contributed by atoms with Gasteiger partial charge in [-0.3, -0.25) is 4.79 Å². The van der Waals surface area contributed by atoms with Crippen LogP contribution in [0.1, 0.15) is 35.2 Å². The lowest BCUT2D eigenvalue weighted by atomic mass is 10.0. The molecule has 4 heteroatoms. The summed E-state index contributed by atoms with van der Waals surface area (Å²) in [7, 11) is 0. The molecule has 0 atom stereocenters. The Labute approximate surface area is 112 Å². The highest BCUT2D eigenvalue weighted by Crippen LogP contribution is 2.48. The monoisotopic (exact) mass is 267 g/mol. The fourth-order valence-corrected chi connectivity index (χ4v) is 2.53. The van der Waals surface area contributed by atoms with Gasteiger partial charge in [-0.25, -0.2) is 0 Å². The maximum Gasteiger partial charge on any atom is 0.251 e. The van der Waals surface area contributed by atoms with Gasteiger partial charge in [0.2, 0.25) is 0 Å². The second-order valence-corrected chi connectivity index (χ2v) is 5.45. The zero-order valence-electron chi connectivity index (χ0n) is 10.5. The van der Waals surface area contributed by atoms with Crippen LogP contribution < -0.4 is 5.32 Å². The number of rotatable bonds is 5. The molecule has 1 saturated carbocycles. The predicted octanol–water partition coefficient (Wildman–Crippen LogP) is 2.84. The number of carbonyl (C=O) groups excluding carboxylic acids is 1. The van der Waals surface area contributed by atoms with Gasteiger partial charge in [-0.2, -0.15) is 0 Å². The number of benzene rings is 1. The van der Waals surface area contributed by atoms with E-state index in [9.17, 15) is 9.90 Å². The smallest absolute Gasteiger partial charge is 0.251 e. The number of phenols is 1. The Morgan fingerprint density at radius 3 is 2.83 bits per heavy atom. The summed E-state index contributed by atoms with van der Waals surface area (Å²) in [5, 5.41) is 12.5. The summed E-state index contributed by atoms with van der Waals surface area (Å²) in [6.07, 6.45) is 3.23. The Balaban J connectivity index is 1.98. The second-order valence-electron chi connectivity index (χ2n) is 5.07. The number of hydrogen-bond acceptors (Lipinski definition) is 2. The Kier molecular flexibility index (Phi) is 3.81. The number of alkyl halides is 1. The van der Waals surface area contributed by atoms with E-state index in [-0.39, 0.29) is 17.1 Å². The molecule has 1 aliphatic rings. The third kappa shape index (κ3) is 2.78. The third-order valence-corrected chi connectivity index (χ3v) is 3.94. The summed E-state index contributed by atoms with van der Waals surface area (Å²) in [4.78, 5) is 12.0. The van der Waals surface area contributed by atoms with Gasteiger partial charge in [-0.15, -0.1) is 11.6 Å². The topological polar surface area (TPSA) is 49.3 Å². The van der Waals surface area contributed by atoms with Crippen LogP contribution in [-0.2, 0) is 0 Å². The maximum absolute atomic E-state index is 12.0. The van der Waals surface area contributed by atoms with Crippen LogP contribution in [0.5, 0.6) is 5.75 Å². The molecule has 0 aromatic heterocycles.